The van der Waals surface area contributed by atoms with Crippen molar-refractivity contribution in [3.8, 4) is 0 Å². The summed E-state index contributed by atoms with van der Waals surface area (Å²) in [6.45, 7) is 6.61. The van der Waals surface area contributed by atoms with Crippen LogP contribution >= 0.6 is 12.4 Å². The SMILES string of the molecule is CCN(CC)Cc1cccc(C(=O)OCn2cc(C3=C(c4cn(C)c5cc([N+](=O)[O-])ccc45)C(=O)NC3=O)c3ccccc32)c1.Cl. The third-order valence-electron chi connectivity index (χ3n) is 8.24. The number of hydrogen-bond acceptors (Lipinski definition) is 7. The molecule has 0 fully saturated rings. The Labute approximate surface area is 270 Å². The molecule has 3 heterocycles. The maximum atomic E-state index is 13.3. The van der Waals surface area contributed by atoms with E-state index < -0.39 is 22.7 Å². The van der Waals surface area contributed by atoms with Crippen LogP contribution in [-0.4, -0.2) is 49.8 Å². The fraction of sp³-hybridized carbons (Fsp3) is 0.206. The molecule has 46 heavy (non-hydrogen) atoms. The maximum Gasteiger partial charge on any atom is 0.339 e. The van der Waals surface area contributed by atoms with Gasteiger partial charge in [0.05, 0.1) is 32.7 Å². The average Bonchev–Trinajstić information content (AvgIpc) is 3.67. The number of carbonyl (C=O) groups excluding carboxylic acids is 3. The summed E-state index contributed by atoms with van der Waals surface area (Å²) in [6.07, 6.45) is 3.40. The number of rotatable bonds is 10. The number of ether oxygens (including phenoxy) is 1. The molecular formula is C34H32ClN5O6. The van der Waals surface area contributed by atoms with Crippen LogP contribution in [0.3, 0.4) is 0 Å². The van der Waals surface area contributed by atoms with E-state index in [1.807, 2.05) is 42.5 Å². The molecule has 6 rings (SSSR count). The number of halogens is 1. The largest absolute Gasteiger partial charge is 0.440 e. The van der Waals surface area contributed by atoms with Crippen LogP contribution in [0.2, 0.25) is 0 Å². The zero-order chi connectivity index (χ0) is 31.8. The lowest BCUT2D eigenvalue weighted by Gasteiger charge is -2.18. The van der Waals surface area contributed by atoms with E-state index >= 15 is 0 Å². The van der Waals surface area contributed by atoms with Crippen LogP contribution in [0.25, 0.3) is 33.0 Å². The average molecular weight is 642 g/mol. The Kier molecular flexibility index (Phi) is 9.08. The molecule has 1 aliphatic heterocycles. The molecule has 11 nitrogen and oxygen atoms in total. The number of non-ortho nitro benzene ring substituents is 1. The van der Waals surface area contributed by atoms with Crippen molar-refractivity contribution in [2.24, 2.45) is 7.05 Å². The van der Waals surface area contributed by atoms with Crippen LogP contribution in [0.1, 0.15) is 40.9 Å². The maximum absolute atomic E-state index is 13.3. The van der Waals surface area contributed by atoms with Crippen LogP contribution in [0.4, 0.5) is 5.69 Å². The van der Waals surface area contributed by atoms with E-state index in [-0.39, 0.29) is 36.0 Å². The van der Waals surface area contributed by atoms with Crippen molar-refractivity contribution in [2.75, 3.05) is 13.1 Å². The molecule has 0 aliphatic carbocycles. The number of nitro benzene ring substituents is 1. The molecule has 0 unspecified atom stereocenters. The summed E-state index contributed by atoms with van der Waals surface area (Å²) in [5.41, 5.74) is 3.97. The number of aryl methyl sites for hydroxylation is 1. The molecule has 1 N–H and O–H groups in total. The highest BCUT2D eigenvalue weighted by atomic mass is 35.5. The van der Waals surface area contributed by atoms with Crippen LogP contribution < -0.4 is 5.32 Å². The van der Waals surface area contributed by atoms with Gasteiger partial charge in [0.15, 0.2) is 6.73 Å². The number of nitrogens with zero attached hydrogens (tertiary/aromatic N) is 4. The Morgan fingerprint density at radius 1 is 0.891 bits per heavy atom. The third-order valence-corrected chi connectivity index (χ3v) is 8.24. The van der Waals surface area contributed by atoms with Gasteiger partial charge in [-0.1, -0.05) is 44.2 Å². The van der Waals surface area contributed by atoms with Crippen molar-refractivity contribution < 1.29 is 24.0 Å². The Morgan fingerprint density at radius 2 is 1.57 bits per heavy atom. The van der Waals surface area contributed by atoms with Gasteiger partial charge in [0.1, 0.15) is 0 Å². The summed E-state index contributed by atoms with van der Waals surface area (Å²) in [4.78, 5) is 52.8. The smallest absolute Gasteiger partial charge is 0.339 e. The van der Waals surface area contributed by atoms with Gasteiger partial charge >= 0.3 is 5.97 Å². The van der Waals surface area contributed by atoms with Gasteiger partial charge in [-0.05, 0) is 42.9 Å². The monoisotopic (exact) mass is 641 g/mol. The van der Waals surface area contributed by atoms with Crippen molar-refractivity contribution in [3.05, 3.63) is 111 Å². The lowest BCUT2D eigenvalue weighted by atomic mass is 9.95. The first kappa shape index (κ1) is 32.1. The standard InChI is InChI=1S/C34H31N5O6.ClH/c1-4-37(5-2)17-21-9-8-10-22(15-21)34(42)45-20-38-19-27(24-11-6-7-12-28(24)38)31-30(32(40)35-33(31)41)26-18-36(3)29-16-23(39(43)44)13-14-25(26)29;/h6-16,18-19H,4-5,17,20H2,1-3H3,(H,35,40,41);1H. The van der Waals surface area contributed by atoms with Gasteiger partial charge in [-0.2, -0.15) is 0 Å². The number of hydrogen-bond donors (Lipinski definition) is 1. The number of carbonyl (C=O) groups is 3. The van der Waals surface area contributed by atoms with Crippen molar-refractivity contribution in [3.63, 3.8) is 0 Å². The van der Waals surface area contributed by atoms with Crippen molar-refractivity contribution in [1.29, 1.82) is 0 Å². The van der Waals surface area contributed by atoms with Crippen LogP contribution in [0.5, 0.6) is 0 Å². The minimum atomic E-state index is -0.561. The number of benzene rings is 3. The number of fused-ring (bicyclic) bond motifs is 2. The summed E-state index contributed by atoms with van der Waals surface area (Å²) in [7, 11) is 1.73. The van der Waals surface area contributed by atoms with E-state index in [0.717, 1.165) is 25.2 Å². The lowest BCUT2D eigenvalue weighted by Crippen LogP contribution is -2.22. The quantitative estimate of drug-likeness (QED) is 0.0898. The third kappa shape index (κ3) is 5.78. The minimum absolute atomic E-state index is 0. The second kappa shape index (κ2) is 13.0. The molecule has 5 aromatic rings. The Hall–Kier alpha value is -5.26. The summed E-state index contributed by atoms with van der Waals surface area (Å²) >= 11 is 0. The van der Waals surface area contributed by atoms with Gasteiger partial charge in [-0.15, -0.1) is 12.4 Å². The fourth-order valence-corrected chi connectivity index (χ4v) is 5.92. The predicted molar refractivity (Wildman–Crippen MR) is 177 cm³/mol. The molecule has 0 saturated carbocycles. The molecule has 0 bridgehead atoms. The first-order valence-corrected chi connectivity index (χ1v) is 14.6. The highest BCUT2D eigenvalue weighted by Gasteiger charge is 2.35. The van der Waals surface area contributed by atoms with Gasteiger partial charge in [0.25, 0.3) is 17.5 Å². The van der Waals surface area contributed by atoms with E-state index in [1.165, 1.54) is 12.1 Å². The number of amides is 2. The summed E-state index contributed by atoms with van der Waals surface area (Å²) in [5, 5.41) is 15.1. The number of esters is 1. The lowest BCUT2D eigenvalue weighted by molar-refractivity contribution is -0.384. The Balaban J connectivity index is 0.00000417. The second-order valence-corrected chi connectivity index (χ2v) is 10.9. The van der Waals surface area contributed by atoms with Crippen LogP contribution in [0, 0.1) is 10.1 Å². The number of imide groups is 1. The summed E-state index contributed by atoms with van der Waals surface area (Å²) in [5.74, 6) is -1.60. The number of para-hydroxylation sites is 1. The van der Waals surface area contributed by atoms with Crippen LogP contribution in [0.15, 0.2) is 79.1 Å². The molecule has 2 aromatic heterocycles. The van der Waals surface area contributed by atoms with Crippen molar-refractivity contribution in [1.82, 2.24) is 19.4 Å². The number of aromatic nitrogens is 2. The van der Waals surface area contributed by atoms with Gasteiger partial charge in [0, 0.05) is 60.0 Å². The van der Waals surface area contributed by atoms with Gasteiger partial charge in [0.2, 0.25) is 0 Å². The summed E-state index contributed by atoms with van der Waals surface area (Å²) in [6, 6.07) is 19.1. The number of nitro groups is 1. The zero-order valence-corrected chi connectivity index (χ0v) is 26.3. The van der Waals surface area contributed by atoms with Crippen LogP contribution in [-0.2, 0) is 34.6 Å². The van der Waals surface area contributed by atoms with Crippen molar-refractivity contribution in [2.45, 2.75) is 27.1 Å². The predicted octanol–water partition coefficient (Wildman–Crippen LogP) is 5.69. The highest BCUT2D eigenvalue weighted by Crippen LogP contribution is 2.39. The molecular weight excluding hydrogens is 610 g/mol. The molecule has 0 radical (unpaired) electrons. The normalized spacial score (nSPS) is 13.0. The van der Waals surface area contributed by atoms with Crippen molar-refractivity contribution >= 4 is 68.8 Å². The van der Waals surface area contributed by atoms with E-state index in [0.29, 0.717) is 38.5 Å². The zero-order valence-electron chi connectivity index (χ0n) is 25.5. The fourth-order valence-electron chi connectivity index (χ4n) is 5.92. The van der Waals surface area contributed by atoms with E-state index in [1.54, 1.807) is 40.7 Å². The second-order valence-electron chi connectivity index (χ2n) is 10.9. The first-order valence-electron chi connectivity index (χ1n) is 14.6. The van der Waals surface area contributed by atoms with Gasteiger partial charge in [-0.3, -0.25) is 29.9 Å². The van der Waals surface area contributed by atoms with E-state index in [4.69, 9.17) is 4.74 Å². The molecule has 0 spiro atoms. The molecule has 0 atom stereocenters. The first-order chi connectivity index (χ1) is 21.7. The van der Waals surface area contributed by atoms with E-state index in [2.05, 4.69) is 24.1 Å². The molecule has 12 heteroatoms. The number of nitrogens with one attached hydrogen (secondary N) is 1. The molecule has 236 valence electrons. The highest BCUT2D eigenvalue weighted by molar-refractivity contribution is 6.50. The van der Waals surface area contributed by atoms with Gasteiger partial charge in [-0.25, -0.2) is 4.79 Å². The topological polar surface area (TPSA) is 129 Å². The molecule has 2 amide bonds. The molecule has 3 aromatic carbocycles. The minimum Gasteiger partial charge on any atom is -0.440 e. The Morgan fingerprint density at radius 3 is 2.26 bits per heavy atom. The Bertz CT molecular complexity index is 2060. The summed E-state index contributed by atoms with van der Waals surface area (Å²) < 4.78 is 9.15. The van der Waals surface area contributed by atoms with Gasteiger partial charge < -0.3 is 13.9 Å². The van der Waals surface area contributed by atoms with E-state index in [9.17, 15) is 24.5 Å². The molecule has 1 aliphatic rings. The molecule has 0 saturated heterocycles.